The van der Waals surface area contributed by atoms with Crippen LogP contribution in [0, 0.1) is 0 Å². The van der Waals surface area contributed by atoms with E-state index in [1.807, 2.05) is 48.5 Å². The predicted molar refractivity (Wildman–Crippen MR) is 115 cm³/mol. The first-order valence-electron chi connectivity index (χ1n) is 9.35. The number of methoxy groups -OCH3 is 1. The molecule has 0 fully saturated rings. The Morgan fingerprint density at radius 2 is 1.77 bits per heavy atom. The molecule has 7 nitrogen and oxygen atoms in total. The molecule has 0 spiro atoms. The summed E-state index contributed by atoms with van der Waals surface area (Å²) >= 11 is 0. The summed E-state index contributed by atoms with van der Waals surface area (Å²) in [6.45, 7) is 0.347. The van der Waals surface area contributed by atoms with Gasteiger partial charge in [0.2, 0.25) is 0 Å². The number of amides is 1. The maximum Gasteiger partial charge on any atom is 0.271 e. The minimum absolute atomic E-state index is 0.292. The SMILES string of the molecule is COc1ccc(C(=O)N/N=C\c2ccc(OCc3nc4ccccc4[nH]3)cc2)cc1. The highest BCUT2D eigenvalue weighted by molar-refractivity contribution is 5.95. The quantitative estimate of drug-likeness (QED) is 0.364. The van der Waals surface area contributed by atoms with Gasteiger partial charge in [-0.15, -0.1) is 0 Å². The third-order valence-electron chi connectivity index (χ3n) is 4.43. The minimum atomic E-state index is -0.292. The van der Waals surface area contributed by atoms with Gasteiger partial charge in [-0.05, 0) is 66.2 Å². The molecule has 1 aromatic heterocycles. The molecule has 0 atom stereocenters. The molecular weight excluding hydrogens is 380 g/mol. The molecule has 1 amide bonds. The van der Waals surface area contributed by atoms with Crippen LogP contribution in [0.1, 0.15) is 21.7 Å². The van der Waals surface area contributed by atoms with Crippen molar-refractivity contribution in [3.8, 4) is 11.5 Å². The molecule has 0 saturated heterocycles. The molecule has 2 N–H and O–H groups in total. The largest absolute Gasteiger partial charge is 0.497 e. The van der Waals surface area contributed by atoms with Crippen molar-refractivity contribution in [3.63, 3.8) is 0 Å². The van der Waals surface area contributed by atoms with Crippen molar-refractivity contribution in [1.29, 1.82) is 0 Å². The van der Waals surface area contributed by atoms with E-state index < -0.39 is 0 Å². The number of rotatable bonds is 7. The van der Waals surface area contributed by atoms with Gasteiger partial charge in [-0.1, -0.05) is 12.1 Å². The van der Waals surface area contributed by atoms with Crippen molar-refractivity contribution < 1.29 is 14.3 Å². The third-order valence-corrected chi connectivity index (χ3v) is 4.43. The van der Waals surface area contributed by atoms with Crippen LogP contribution in [0.3, 0.4) is 0 Å². The second-order valence-corrected chi connectivity index (χ2v) is 6.49. The lowest BCUT2D eigenvalue weighted by Crippen LogP contribution is -2.17. The number of hydrogen-bond acceptors (Lipinski definition) is 5. The van der Waals surface area contributed by atoms with Crippen molar-refractivity contribution in [1.82, 2.24) is 15.4 Å². The molecule has 0 aliphatic rings. The molecule has 0 unspecified atom stereocenters. The predicted octanol–water partition coefficient (Wildman–Crippen LogP) is 3.91. The van der Waals surface area contributed by atoms with Gasteiger partial charge < -0.3 is 14.5 Å². The minimum Gasteiger partial charge on any atom is -0.497 e. The number of fused-ring (bicyclic) bond motifs is 1. The van der Waals surface area contributed by atoms with Gasteiger partial charge in [-0.25, -0.2) is 10.4 Å². The van der Waals surface area contributed by atoms with Crippen LogP contribution in [0.2, 0.25) is 0 Å². The first-order valence-corrected chi connectivity index (χ1v) is 9.35. The van der Waals surface area contributed by atoms with Gasteiger partial charge in [0, 0.05) is 5.56 Å². The van der Waals surface area contributed by atoms with Gasteiger partial charge in [0.1, 0.15) is 23.9 Å². The van der Waals surface area contributed by atoms with Crippen LogP contribution in [0.4, 0.5) is 0 Å². The molecule has 30 heavy (non-hydrogen) atoms. The second kappa shape index (κ2) is 8.91. The molecule has 3 aromatic carbocycles. The van der Waals surface area contributed by atoms with E-state index in [2.05, 4.69) is 20.5 Å². The van der Waals surface area contributed by atoms with Crippen LogP contribution in [-0.4, -0.2) is 29.2 Å². The first kappa shape index (κ1) is 19.2. The number of hydrazone groups is 1. The van der Waals surface area contributed by atoms with E-state index in [-0.39, 0.29) is 5.91 Å². The standard InChI is InChI=1S/C23H20N4O3/c1-29-18-12-8-17(9-13-18)23(28)27-24-14-16-6-10-19(11-7-16)30-15-22-25-20-4-2-3-5-21(20)26-22/h2-14H,15H2,1H3,(H,25,26)(H,27,28)/b24-14-. The Kier molecular flexibility index (Phi) is 5.70. The Morgan fingerprint density at radius 1 is 1.03 bits per heavy atom. The number of aromatic amines is 1. The monoisotopic (exact) mass is 400 g/mol. The fourth-order valence-corrected chi connectivity index (χ4v) is 2.85. The second-order valence-electron chi connectivity index (χ2n) is 6.49. The van der Waals surface area contributed by atoms with Crippen LogP contribution >= 0.6 is 0 Å². The van der Waals surface area contributed by atoms with Gasteiger partial charge in [0.15, 0.2) is 0 Å². The van der Waals surface area contributed by atoms with Gasteiger partial charge in [-0.2, -0.15) is 5.10 Å². The molecule has 7 heteroatoms. The number of carbonyl (C=O) groups is 1. The molecule has 0 aliphatic carbocycles. The summed E-state index contributed by atoms with van der Waals surface area (Å²) in [6.07, 6.45) is 1.57. The third kappa shape index (κ3) is 4.64. The van der Waals surface area contributed by atoms with Gasteiger partial charge in [-0.3, -0.25) is 4.79 Å². The summed E-state index contributed by atoms with van der Waals surface area (Å²) in [6, 6.07) is 22.1. The summed E-state index contributed by atoms with van der Waals surface area (Å²) in [5.41, 5.74) is 5.74. The maximum atomic E-state index is 12.1. The maximum absolute atomic E-state index is 12.1. The van der Waals surface area contributed by atoms with E-state index in [4.69, 9.17) is 9.47 Å². The number of carbonyl (C=O) groups excluding carboxylic acids is 1. The van der Waals surface area contributed by atoms with Crippen LogP contribution in [0.5, 0.6) is 11.5 Å². The summed E-state index contributed by atoms with van der Waals surface area (Å²) in [5, 5.41) is 4.00. The molecular formula is C23H20N4O3. The Labute approximate surface area is 173 Å². The van der Waals surface area contributed by atoms with Crippen molar-refractivity contribution in [2.24, 2.45) is 5.10 Å². The van der Waals surface area contributed by atoms with Crippen molar-refractivity contribution in [2.75, 3.05) is 7.11 Å². The lowest BCUT2D eigenvalue weighted by Gasteiger charge is -2.04. The van der Waals surface area contributed by atoms with Crippen LogP contribution in [-0.2, 0) is 6.61 Å². The topological polar surface area (TPSA) is 88.6 Å². The molecule has 4 rings (SSSR count). The Bertz CT molecular complexity index is 1130. The molecule has 0 aliphatic heterocycles. The fourth-order valence-electron chi connectivity index (χ4n) is 2.85. The van der Waals surface area contributed by atoms with E-state index >= 15 is 0 Å². The molecule has 1 heterocycles. The Morgan fingerprint density at radius 3 is 2.50 bits per heavy atom. The number of aromatic nitrogens is 2. The van der Waals surface area contributed by atoms with Crippen molar-refractivity contribution in [3.05, 3.63) is 89.7 Å². The zero-order chi connectivity index (χ0) is 20.8. The fraction of sp³-hybridized carbons (Fsp3) is 0.0870. The molecule has 150 valence electrons. The zero-order valence-electron chi connectivity index (χ0n) is 16.3. The van der Waals surface area contributed by atoms with E-state index in [1.54, 1.807) is 37.6 Å². The zero-order valence-corrected chi connectivity index (χ0v) is 16.3. The Balaban J connectivity index is 1.29. The highest BCUT2D eigenvalue weighted by Crippen LogP contribution is 2.15. The normalized spacial score (nSPS) is 11.0. The van der Waals surface area contributed by atoms with Gasteiger partial charge >= 0.3 is 0 Å². The lowest BCUT2D eigenvalue weighted by molar-refractivity contribution is 0.0955. The molecule has 0 radical (unpaired) electrons. The van der Waals surface area contributed by atoms with Crippen LogP contribution < -0.4 is 14.9 Å². The van der Waals surface area contributed by atoms with Crippen molar-refractivity contribution in [2.45, 2.75) is 6.61 Å². The highest BCUT2D eigenvalue weighted by Gasteiger charge is 2.04. The van der Waals surface area contributed by atoms with Crippen LogP contribution in [0.25, 0.3) is 11.0 Å². The smallest absolute Gasteiger partial charge is 0.271 e. The average Bonchev–Trinajstić information content (AvgIpc) is 3.21. The number of ether oxygens (including phenoxy) is 2. The van der Waals surface area contributed by atoms with Gasteiger partial charge in [0.25, 0.3) is 5.91 Å². The van der Waals surface area contributed by atoms with E-state index in [0.29, 0.717) is 17.9 Å². The summed E-state index contributed by atoms with van der Waals surface area (Å²) in [7, 11) is 1.58. The van der Waals surface area contributed by atoms with Gasteiger partial charge in [0.05, 0.1) is 24.4 Å². The number of nitrogens with one attached hydrogen (secondary N) is 2. The molecule has 0 bridgehead atoms. The molecule has 4 aromatic rings. The van der Waals surface area contributed by atoms with E-state index in [9.17, 15) is 4.79 Å². The van der Waals surface area contributed by atoms with Crippen molar-refractivity contribution >= 4 is 23.2 Å². The highest BCUT2D eigenvalue weighted by atomic mass is 16.5. The summed E-state index contributed by atoms with van der Waals surface area (Å²) < 4.78 is 10.9. The Hall–Kier alpha value is -4.13. The average molecular weight is 400 g/mol. The number of nitrogens with zero attached hydrogens (tertiary/aromatic N) is 2. The number of H-pyrrole nitrogens is 1. The number of hydrogen-bond donors (Lipinski definition) is 2. The number of para-hydroxylation sites is 2. The number of benzene rings is 3. The lowest BCUT2D eigenvalue weighted by atomic mass is 10.2. The van der Waals surface area contributed by atoms with E-state index in [0.717, 1.165) is 28.2 Å². The summed E-state index contributed by atoms with van der Waals surface area (Å²) in [4.78, 5) is 19.8. The first-order chi connectivity index (χ1) is 14.7. The van der Waals surface area contributed by atoms with E-state index in [1.165, 1.54) is 0 Å². The number of imidazole rings is 1. The van der Waals surface area contributed by atoms with Crippen LogP contribution in [0.15, 0.2) is 77.9 Å². The molecule has 0 saturated carbocycles. The summed E-state index contributed by atoms with van der Waals surface area (Å²) in [5.74, 6) is 1.88.